The van der Waals surface area contributed by atoms with Crippen LogP contribution in [0.25, 0.3) is 0 Å². The van der Waals surface area contributed by atoms with Crippen molar-refractivity contribution < 1.29 is 0 Å². The van der Waals surface area contributed by atoms with Gasteiger partial charge in [0.15, 0.2) is 0 Å². The van der Waals surface area contributed by atoms with Gasteiger partial charge in [-0.3, -0.25) is 0 Å². The number of nitrogens with two attached hydrogens (primary N) is 1. The van der Waals surface area contributed by atoms with E-state index in [2.05, 4.69) is 18.0 Å². The Labute approximate surface area is 120 Å². The van der Waals surface area contributed by atoms with E-state index in [-0.39, 0.29) is 0 Å². The molecule has 0 radical (unpaired) electrons. The molecule has 1 aromatic rings. The van der Waals surface area contributed by atoms with Crippen LogP contribution in [0.15, 0.2) is 18.2 Å². The highest BCUT2D eigenvalue weighted by atomic mass is 35.5. The first kappa shape index (κ1) is 13.3. The Morgan fingerprint density at radius 3 is 2.79 bits per heavy atom. The topological polar surface area (TPSA) is 29.3 Å². The number of nitrogens with zero attached hydrogens (tertiary/aromatic N) is 1. The minimum absolute atomic E-state index is 0.668. The molecule has 0 heterocycles. The molecule has 1 aromatic carbocycles. The zero-order chi connectivity index (χ0) is 13.4. The highest BCUT2D eigenvalue weighted by molar-refractivity contribution is 6.33. The summed E-state index contributed by atoms with van der Waals surface area (Å²) in [6, 6.07) is 5.98. The van der Waals surface area contributed by atoms with Crippen LogP contribution in [0.5, 0.6) is 0 Å². The van der Waals surface area contributed by atoms with Crippen molar-refractivity contribution in [1.29, 1.82) is 0 Å². The standard InChI is InChI=1S/C16H23ClN2/c1-19(9-12-3-5-16(18)15(17)8-12)10-14-7-11-2-4-13(14)6-11/h3,5,8,11,13-14H,2,4,6-7,9-10,18H2,1H3. The largest absolute Gasteiger partial charge is 0.398 e. The van der Waals surface area contributed by atoms with Gasteiger partial charge in [0, 0.05) is 13.1 Å². The van der Waals surface area contributed by atoms with Crippen molar-refractivity contribution in [3.63, 3.8) is 0 Å². The van der Waals surface area contributed by atoms with E-state index in [1.54, 1.807) is 0 Å². The van der Waals surface area contributed by atoms with E-state index in [0.29, 0.717) is 10.7 Å². The van der Waals surface area contributed by atoms with Gasteiger partial charge in [0.05, 0.1) is 10.7 Å². The molecule has 3 atom stereocenters. The van der Waals surface area contributed by atoms with Crippen molar-refractivity contribution in [3.8, 4) is 0 Å². The Balaban J connectivity index is 1.56. The number of halogens is 1. The molecule has 2 N–H and O–H groups in total. The van der Waals surface area contributed by atoms with Gasteiger partial charge in [-0.2, -0.15) is 0 Å². The normalized spacial score (nSPS) is 29.3. The van der Waals surface area contributed by atoms with E-state index < -0.39 is 0 Å². The molecule has 0 aliphatic heterocycles. The number of rotatable bonds is 4. The number of hydrogen-bond donors (Lipinski definition) is 1. The monoisotopic (exact) mass is 278 g/mol. The smallest absolute Gasteiger partial charge is 0.0638 e. The zero-order valence-electron chi connectivity index (χ0n) is 11.6. The third-order valence-electron chi connectivity index (χ3n) is 4.95. The highest BCUT2D eigenvalue weighted by Gasteiger charge is 2.39. The first-order valence-electron chi connectivity index (χ1n) is 7.34. The maximum atomic E-state index is 6.08. The molecule has 0 aromatic heterocycles. The van der Waals surface area contributed by atoms with Crippen molar-refractivity contribution >= 4 is 17.3 Å². The SMILES string of the molecule is CN(Cc1ccc(N)c(Cl)c1)CC1CC2CCC1C2. The number of benzene rings is 1. The molecular formula is C16H23ClN2. The predicted molar refractivity (Wildman–Crippen MR) is 81.1 cm³/mol. The van der Waals surface area contributed by atoms with Gasteiger partial charge in [-0.15, -0.1) is 0 Å². The molecule has 2 bridgehead atoms. The van der Waals surface area contributed by atoms with Crippen LogP contribution in [0.2, 0.25) is 5.02 Å². The maximum absolute atomic E-state index is 6.08. The van der Waals surface area contributed by atoms with Crippen molar-refractivity contribution in [2.45, 2.75) is 32.2 Å². The van der Waals surface area contributed by atoms with E-state index in [1.165, 1.54) is 37.8 Å². The van der Waals surface area contributed by atoms with Gasteiger partial charge in [0.2, 0.25) is 0 Å². The fraction of sp³-hybridized carbons (Fsp3) is 0.625. The molecule has 19 heavy (non-hydrogen) atoms. The lowest BCUT2D eigenvalue weighted by atomic mass is 9.88. The minimum Gasteiger partial charge on any atom is -0.398 e. The minimum atomic E-state index is 0.668. The summed E-state index contributed by atoms with van der Waals surface area (Å²) >= 11 is 6.08. The van der Waals surface area contributed by atoms with Crippen molar-refractivity contribution in [1.82, 2.24) is 4.90 Å². The molecule has 2 fully saturated rings. The lowest BCUT2D eigenvalue weighted by Crippen LogP contribution is -2.28. The van der Waals surface area contributed by atoms with Gasteiger partial charge in [-0.05, 0) is 61.8 Å². The number of hydrogen-bond acceptors (Lipinski definition) is 2. The Bertz CT molecular complexity index is 460. The molecule has 0 saturated heterocycles. The average molecular weight is 279 g/mol. The molecule has 2 saturated carbocycles. The number of fused-ring (bicyclic) bond motifs is 2. The van der Waals surface area contributed by atoms with Crippen molar-refractivity contribution in [3.05, 3.63) is 28.8 Å². The summed E-state index contributed by atoms with van der Waals surface area (Å²) in [5.74, 6) is 2.96. The van der Waals surface area contributed by atoms with E-state index in [0.717, 1.165) is 24.3 Å². The lowest BCUT2D eigenvalue weighted by Gasteiger charge is -2.27. The molecule has 0 spiro atoms. The maximum Gasteiger partial charge on any atom is 0.0638 e. The van der Waals surface area contributed by atoms with E-state index in [4.69, 9.17) is 17.3 Å². The zero-order valence-corrected chi connectivity index (χ0v) is 12.4. The average Bonchev–Trinajstić information content (AvgIpc) is 2.96. The summed E-state index contributed by atoms with van der Waals surface area (Å²) in [5, 5.41) is 0.672. The Hall–Kier alpha value is -0.730. The number of anilines is 1. The van der Waals surface area contributed by atoms with Crippen LogP contribution in [0.1, 0.15) is 31.2 Å². The second-order valence-electron chi connectivity index (χ2n) is 6.49. The number of nitrogen functional groups attached to an aromatic ring is 1. The molecule has 0 amide bonds. The Morgan fingerprint density at radius 2 is 2.16 bits per heavy atom. The molecule has 104 valence electrons. The van der Waals surface area contributed by atoms with Crippen LogP contribution in [0.3, 0.4) is 0 Å². The molecule has 2 aliphatic carbocycles. The predicted octanol–water partition coefficient (Wildman–Crippen LogP) is 3.79. The highest BCUT2D eigenvalue weighted by Crippen LogP contribution is 2.48. The van der Waals surface area contributed by atoms with Crippen LogP contribution in [-0.4, -0.2) is 18.5 Å². The van der Waals surface area contributed by atoms with Crippen LogP contribution in [0.4, 0.5) is 5.69 Å². The molecule has 3 rings (SSSR count). The van der Waals surface area contributed by atoms with Crippen molar-refractivity contribution in [2.24, 2.45) is 17.8 Å². The second-order valence-corrected chi connectivity index (χ2v) is 6.89. The van der Waals surface area contributed by atoms with Crippen LogP contribution >= 0.6 is 11.6 Å². The second kappa shape index (κ2) is 5.34. The fourth-order valence-corrected chi connectivity index (χ4v) is 4.25. The molecule has 2 aliphatic rings. The van der Waals surface area contributed by atoms with Gasteiger partial charge < -0.3 is 10.6 Å². The van der Waals surface area contributed by atoms with Crippen LogP contribution in [0, 0.1) is 17.8 Å². The lowest BCUT2D eigenvalue weighted by molar-refractivity contribution is 0.214. The van der Waals surface area contributed by atoms with Crippen molar-refractivity contribution in [2.75, 3.05) is 19.3 Å². The Kier molecular flexibility index (Phi) is 3.72. The first-order chi connectivity index (χ1) is 9.11. The molecule has 2 nitrogen and oxygen atoms in total. The van der Waals surface area contributed by atoms with Crippen LogP contribution in [-0.2, 0) is 6.54 Å². The summed E-state index contributed by atoms with van der Waals surface area (Å²) in [5.41, 5.74) is 7.67. The quantitative estimate of drug-likeness (QED) is 0.849. The van der Waals surface area contributed by atoms with Gasteiger partial charge in [-0.1, -0.05) is 24.1 Å². The molecule has 3 heteroatoms. The van der Waals surface area contributed by atoms with Gasteiger partial charge in [0.1, 0.15) is 0 Å². The summed E-state index contributed by atoms with van der Waals surface area (Å²) in [6.07, 6.45) is 5.90. The van der Waals surface area contributed by atoms with Gasteiger partial charge in [-0.25, -0.2) is 0 Å². The third kappa shape index (κ3) is 2.90. The third-order valence-corrected chi connectivity index (χ3v) is 5.28. The first-order valence-corrected chi connectivity index (χ1v) is 7.72. The van der Waals surface area contributed by atoms with Crippen LogP contribution < -0.4 is 5.73 Å². The molecule has 3 unspecified atom stereocenters. The Morgan fingerprint density at radius 1 is 1.32 bits per heavy atom. The summed E-state index contributed by atoms with van der Waals surface area (Å²) in [6.45, 7) is 2.19. The van der Waals surface area contributed by atoms with E-state index in [9.17, 15) is 0 Å². The summed E-state index contributed by atoms with van der Waals surface area (Å²) in [7, 11) is 2.22. The summed E-state index contributed by atoms with van der Waals surface area (Å²) < 4.78 is 0. The summed E-state index contributed by atoms with van der Waals surface area (Å²) in [4.78, 5) is 2.44. The van der Waals surface area contributed by atoms with E-state index in [1.807, 2.05) is 12.1 Å². The molecular weight excluding hydrogens is 256 g/mol. The van der Waals surface area contributed by atoms with Gasteiger partial charge >= 0.3 is 0 Å². The van der Waals surface area contributed by atoms with E-state index >= 15 is 0 Å². The fourth-order valence-electron chi connectivity index (χ4n) is 4.05. The van der Waals surface area contributed by atoms with Gasteiger partial charge in [0.25, 0.3) is 0 Å².